The van der Waals surface area contributed by atoms with Crippen molar-refractivity contribution < 1.29 is 22.3 Å². The first-order chi connectivity index (χ1) is 14.6. The lowest BCUT2D eigenvalue weighted by Crippen LogP contribution is -2.27. The molecule has 0 heterocycles. The number of benzene rings is 3. The van der Waals surface area contributed by atoms with Crippen LogP contribution in [0.15, 0.2) is 65.6 Å². The van der Waals surface area contributed by atoms with E-state index in [1.807, 2.05) is 0 Å². The van der Waals surface area contributed by atoms with Gasteiger partial charge < -0.3 is 10.1 Å². The topological polar surface area (TPSA) is 75.7 Å². The highest BCUT2D eigenvalue weighted by atomic mass is 35.5. The van der Waals surface area contributed by atoms with Gasteiger partial charge in [-0.1, -0.05) is 17.7 Å². The van der Waals surface area contributed by atoms with E-state index in [2.05, 4.69) is 5.32 Å². The lowest BCUT2D eigenvalue weighted by molar-refractivity contribution is 0.102. The zero-order valence-electron chi connectivity index (χ0n) is 17.0. The second-order valence-electron chi connectivity index (χ2n) is 6.75. The zero-order valence-corrected chi connectivity index (χ0v) is 18.6. The molecule has 0 spiro atoms. The number of carbonyl (C=O) groups is 1. The average molecular weight is 463 g/mol. The van der Waals surface area contributed by atoms with Crippen LogP contribution < -0.4 is 14.4 Å². The average Bonchev–Trinajstić information content (AvgIpc) is 2.75. The summed E-state index contributed by atoms with van der Waals surface area (Å²) in [5, 5.41) is 2.46. The van der Waals surface area contributed by atoms with E-state index in [-0.39, 0.29) is 21.2 Å². The van der Waals surface area contributed by atoms with Crippen LogP contribution in [0, 0.1) is 12.7 Å². The molecule has 0 aromatic heterocycles. The number of anilines is 2. The number of halogens is 2. The molecule has 0 fully saturated rings. The van der Waals surface area contributed by atoms with Gasteiger partial charge in [0.1, 0.15) is 11.6 Å². The van der Waals surface area contributed by atoms with Gasteiger partial charge in [0.05, 0.1) is 34.0 Å². The predicted molar refractivity (Wildman–Crippen MR) is 119 cm³/mol. The number of methoxy groups -OCH3 is 1. The molecule has 0 bridgehead atoms. The summed E-state index contributed by atoms with van der Waals surface area (Å²) < 4.78 is 46.4. The number of nitrogens with zero attached hydrogens (tertiary/aromatic N) is 1. The zero-order chi connectivity index (χ0) is 22.8. The second-order valence-corrected chi connectivity index (χ2v) is 9.13. The summed E-state index contributed by atoms with van der Waals surface area (Å²) >= 11 is 6.13. The van der Waals surface area contributed by atoms with E-state index in [1.54, 1.807) is 37.3 Å². The molecule has 3 aromatic rings. The van der Waals surface area contributed by atoms with Crippen molar-refractivity contribution in [1.82, 2.24) is 0 Å². The van der Waals surface area contributed by atoms with Gasteiger partial charge in [0.25, 0.3) is 15.9 Å². The molecular formula is C22H20ClFN2O4S. The number of amides is 1. The van der Waals surface area contributed by atoms with Crippen LogP contribution >= 0.6 is 11.6 Å². The quantitative estimate of drug-likeness (QED) is 0.566. The Hall–Kier alpha value is -3.10. The Morgan fingerprint density at radius 3 is 2.35 bits per heavy atom. The minimum atomic E-state index is -3.99. The van der Waals surface area contributed by atoms with Crippen LogP contribution in [0.25, 0.3) is 0 Å². The van der Waals surface area contributed by atoms with Crippen LogP contribution in [0.5, 0.6) is 5.75 Å². The molecule has 0 unspecified atom stereocenters. The van der Waals surface area contributed by atoms with E-state index < -0.39 is 21.7 Å². The first-order valence-electron chi connectivity index (χ1n) is 9.13. The summed E-state index contributed by atoms with van der Waals surface area (Å²) in [6.07, 6.45) is 0. The molecular weight excluding hydrogens is 443 g/mol. The molecule has 9 heteroatoms. The fraction of sp³-hybridized carbons (Fsp3) is 0.136. The largest absolute Gasteiger partial charge is 0.497 e. The Labute approximate surface area is 185 Å². The van der Waals surface area contributed by atoms with Crippen LogP contribution in [0.3, 0.4) is 0 Å². The van der Waals surface area contributed by atoms with Gasteiger partial charge in [0.2, 0.25) is 0 Å². The molecule has 0 aliphatic carbocycles. The van der Waals surface area contributed by atoms with Crippen molar-refractivity contribution in [2.75, 3.05) is 23.8 Å². The van der Waals surface area contributed by atoms with E-state index in [0.717, 1.165) is 4.31 Å². The smallest absolute Gasteiger partial charge is 0.264 e. The summed E-state index contributed by atoms with van der Waals surface area (Å²) in [5.41, 5.74) is 0.979. The highest BCUT2D eigenvalue weighted by Crippen LogP contribution is 2.28. The van der Waals surface area contributed by atoms with Crippen LogP contribution in [-0.4, -0.2) is 28.5 Å². The maximum Gasteiger partial charge on any atom is 0.264 e. The van der Waals surface area contributed by atoms with Gasteiger partial charge in [-0.2, -0.15) is 0 Å². The number of nitrogens with one attached hydrogen (secondary N) is 1. The second kappa shape index (κ2) is 8.95. The van der Waals surface area contributed by atoms with Crippen molar-refractivity contribution in [3.63, 3.8) is 0 Å². The molecule has 0 atom stereocenters. The van der Waals surface area contributed by atoms with E-state index in [4.69, 9.17) is 16.3 Å². The molecule has 6 nitrogen and oxygen atoms in total. The first-order valence-corrected chi connectivity index (χ1v) is 11.0. The molecule has 0 saturated carbocycles. The van der Waals surface area contributed by atoms with Gasteiger partial charge in [-0.15, -0.1) is 0 Å². The van der Waals surface area contributed by atoms with Gasteiger partial charge in [-0.3, -0.25) is 9.10 Å². The molecule has 0 radical (unpaired) electrons. The summed E-state index contributed by atoms with van der Waals surface area (Å²) in [6.45, 7) is 1.72. The van der Waals surface area contributed by atoms with Crippen molar-refractivity contribution in [2.24, 2.45) is 0 Å². The number of sulfonamides is 1. The number of carbonyl (C=O) groups excluding carboxylic acids is 1. The van der Waals surface area contributed by atoms with E-state index in [0.29, 0.717) is 17.0 Å². The molecule has 1 amide bonds. The summed E-state index contributed by atoms with van der Waals surface area (Å²) in [6, 6.07) is 14.6. The summed E-state index contributed by atoms with van der Waals surface area (Å²) in [5.74, 6) is -0.743. The Kier molecular flexibility index (Phi) is 6.52. The molecule has 3 aromatic carbocycles. The van der Waals surface area contributed by atoms with Gasteiger partial charge in [-0.25, -0.2) is 12.8 Å². The van der Waals surface area contributed by atoms with Crippen LogP contribution in [0.2, 0.25) is 5.02 Å². The third kappa shape index (κ3) is 4.81. The number of ether oxygens (including phenoxy) is 1. The van der Waals surface area contributed by atoms with Gasteiger partial charge >= 0.3 is 0 Å². The SMILES string of the molecule is COc1ccc(N(C)S(=O)(=O)c2ccc(Cl)c(C(=O)Nc3ccc(C)cc3F)c2)cc1. The maximum atomic E-state index is 14.1. The third-order valence-electron chi connectivity index (χ3n) is 4.65. The van der Waals surface area contributed by atoms with E-state index in [1.165, 1.54) is 44.5 Å². The molecule has 1 N–H and O–H groups in total. The van der Waals surface area contributed by atoms with Gasteiger partial charge in [-0.05, 0) is 67.1 Å². The number of hydrogen-bond donors (Lipinski definition) is 1. The minimum Gasteiger partial charge on any atom is -0.497 e. The van der Waals surface area contributed by atoms with E-state index >= 15 is 0 Å². The standard InChI is InChI=1S/C22H20ClFN2O4S/c1-14-4-11-21(20(24)12-14)25-22(27)18-13-17(9-10-19(18)23)31(28,29)26(2)15-5-7-16(30-3)8-6-15/h4-13H,1-3H3,(H,25,27). The fourth-order valence-corrected chi connectivity index (χ4v) is 4.26. The highest BCUT2D eigenvalue weighted by Gasteiger charge is 2.24. The Balaban J connectivity index is 1.92. The Morgan fingerprint density at radius 2 is 1.74 bits per heavy atom. The molecule has 31 heavy (non-hydrogen) atoms. The van der Waals surface area contributed by atoms with Crippen molar-refractivity contribution in [3.05, 3.63) is 82.6 Å². The normalized spacial score (nSPS) is 11.1. The van der Waals surface area contributed by atoms with Gasteiger partial charge in [0, 0.05) is 7.05 Å². The molecule has 3 rings (SSSR count). The van der Waals surface area contributed by atoms with Crippen molar-refractivity contribution in [2.45, 2.75) is 11.8 Å². The predicted octanol–water partition coefficient (Wildman–Crippen LogP) is 4.87. The lowest BCUT2D eigenvalue weighted by atomic mass is 10.2. The lowest BCUT2D eigenvalue weighted by Gasteiger charge is -2.20. The minimum absolute atomic E-state index is 0.0322. The van der Waals surface area contributed by atoms with E-state index in [9.17, 15) is 17.6 Å². The monoisotopic (exact) mass is 462 g/mol. The number of rotatable bonds is 6. The summed E-state index contributed by atoms with van der Waals surface area (Å²) in [7, 11) is -1.08. The molecule has 162 valence electrons. The fourth-order valence-electron chi connectivity index (χ4n) is 2.84. The highest BCUT2D eigenvalue weighted by molar-refractivity contribution is 7.92. The Morgan fingerprint density at radius 1 is 1.06 bits per heavy atom. The third-order valence-corrected chi connectivity index (χ3v) is 6.76. The van der Waals surface area contributed by atoms with Crippen LogP contribution in [-0.2, 0) is 10.0 Å². The number of hydrogen-bond acceptors (Lipinski definition) is 4. The maximum absolute atomic E-state index is 14.1. The van der Waals surface area contributed by atoms with Crippen molar-refractivity contribution in [1.29, 1.82) is 0 Å². The van der Waals surface area contributed by atoms with Crippen LogP contribution in [0.1, 0.15) is 15.9 Å². The molecule has 0 aliphatic heterocycles. The summed E-state index contributed by atoms with van der Waals surface area (Å²) in [4.78, 5) is 12.5. The molecule has 0 aliphatic rings. The number of aryl methyl sites for hydroxylation is 1. The van der Waals surface area contributed by atoms with Gasteiger partial charge in [0.15, 0.2) is 0 Å². The first kappa shape index (κ1) is 22.6. The van der Waals surface area contributed by atoms with Crippen molar-refractivity contribution in [3.8, 4) is 5.75 Å². The van der Waals surface area contributed by atoms with Crippen molar-refractivity contribution >= 4 is 38.9 Å². The Bertz CT molecular complexity index is 1230. The molecule has 0 saturated heterocycles. The van der Waals surface area contributed by atoms with Crippen LogP contribution in [0.4, 0.5) is 15.8 Å².